The molecule has 0 saturated heterocycles. The minimum atomic E-state index is -0.274. The lowest BCUT2D eigenvalue weighted by Gasteiger charge is -2.15. The van der Waals surface area contributed by atoms with E-state index >= 15 is 0 Å². The van der Waals surface area contributed by atoms with Crippen molar-refractivity contribution in [2.24, 2.45) is 5.84 Å². The first-order chi connectivity index (χ1) is 9.10. The second-order valence-electron chi connectivity index (χ2n) is 4.24. The molecule has 0 bridgehead atoms. The summed E-state index contributed by atoms with van der Waals surface area (Å²) < 4.78 is 14.5. The molecule has 0 spiro atoms. The van der Waals surface area contributed by atoms with Crippen molar-refractivity contribution in [3.8, 4) is 0 Å². The number of hydrogen-bond donors (Lipinski definition) is 2. The van der Waals surface area contributed by atoms with Crippen molar-refractivity contribution in [3.63, 3.8) is 0 Å². The molecule has 100 valence electrons. The molecule has 0 aliphatic rings. The average Bonchev–Trinajstić information content (AvgIpc) is 2.39. The summed E-state index contributed by atoms with van der Waals surface area (Å²) in [5.74, 6) is 5.25. The number of halogens is 2. The second-order valence-corrected chi connectivity index (χ2v) is 5.16. The molecular weight excluding hydrogens is 311 g/mol. The van der Waals surface area contributed by atoms with Crippen LogP contribution in [-0.4, -0.2) is 9.97 Å². The quantitative estimate of drug-likeness (QED) is 0.669. The molecule has 0 radical (unpaired) electrons. The summed E-state index contributed by atoms with van der Waals surface area (Å²) in [6.07, 6.45) is 3.72. The summed E-state index contributed by atoms with van der Waals surface area (Å²) in [5.41, 5.74) is 4.74. The number of nitrogens with two attached hydrogens (primary N) is 1. The molecule has 0 aliphatic heterocycles. The Morgan fingerprint density at radius 3 is 2.74 bits per heavy atom. The molecule has 0 aliphatic carbocycles. The number of aromatic nitrogens is 2. The van der Waals surface area contributed by atoms with E-state index in [-0.39, 0.29) is 11.9 Å². The summed E-state index contributed by atoms with van der Waals surface area (Å²) in [5, 5.41) is 0. The maximum absolute atomic E-state index is 13.8. The third-order valence-electron chi connectivity index (χ3n) is 2.80. The zero-order chi connectivity index (χ0) is 13.8. The van der Waals surface area contributed by atoms with Crippen molar-refractivity contribution in [2.75, 3.05) is 0 Å². The van der Waals surface area contributed by atoms with Crippen molar-refractivity contribution in [1.82, 2.24) is 15.4 Å². The molecule has 1 heterocycles. The van der Waals surface area contributed by atoms with Gasteiger partial charge in [-0.15, -0.1) is 0 Å². The maximum Gasteiger partial charge on any atom is 0.127 e. The Kier molecular flexibility index (Phi) is 4.57. The normalized spacial score (nSPS) is 12.4. The van der Waals surface area contributed by atoms with E-state index in [0.29, 0.717) is 22.2 Å². The molecule has 1 atom stereocenters. The Bertz CT molecular complexity index is 559. The van der Waals surface area contributed by atoms with E-state index in [1.54, 1.807) is 24.5 Å². The third-order valence-corrected chi connectivity index (χ3v) is 3.29. The predicted molar refractivity (Wildman–Crippen MR) is 74.6 cm³/mol. The van der Waals surface area contributed by atoms with Crippen molar-refractivity contribution in [2.45, 2.75) is 19.4 Å². The standard InChI is InChI=1S/C13H14BrFN4/c1-8-6-18-13(7-17-8)12(19-16)4-9-2-3-10(14)5-11(9)15/h2-3,5-7,12,19H,4,16H2,1H3. The van der Waals surface area contributed by atoms with Gasteiger partial charge in [0.25, 0.3) is 0 Å². The van der Waals surface area contributed by atoms with Gasteiger partial charge < -0.3 is 0 Å². The van der Waals surface area contributed by atoms with Gasteiger partial charge in [-0.2, -0.15) is 0 Å². The highest BCUT2D eigenvalue weighted by Crippen LogP contribution is 2.20. The molecule has 1 aromatic carbocycles. The molecule has 2 rings (SSSR count). The summed E-state index contributed by atoms with van der Waals surface area (Å²) >= 11 is 3.23. The van der Waals surface area contributed by atoms with Crippen molar-refractivity contribution in [1.29, 1.82) is 0 Å². The highest BCUT2D eigenvalue weighted by atomic mass is 79.9. The predicted octanol–water partition coefficient (Wildman–Crippen LogP) is 2.43. The van der Waals surface area contributed by atoms with Gasteiger partial charge in [0.2, 0.25) is 0 Å². The number of hydrogen-bond acceptors (Lipinski definition) is 4. The van der Waals surface area contributed by atoms with Gasteiger partial charge in [-0.05, 0) is 31.0 Å². The van der Waals surface area contributed by atoms with E-state index in [1.165, 1.54) is 6.07 Å². The van der Waals surface area contributed by atoms with E-state index in [1.807, 2.05) is 6.92 Å². The summed E-state index contributed by atoms with van der Waals surface area (Å²) in [7, 11) is 0. The molecule has 2 aromatic rings. The Labute approximate surface area is 119 Å². The number of aryl methyl sites for hydroxylation is 1. The molecular formula is C13H14BrFN4. The fourth-order valence-electron chi connectivity index (χ4n) is 1.74. The van der Waals surface area contributed by atoms with Crippen molar-refractivity contribution >= 4 is 15.9 Å². The zero-order valence-electron chi connectivity index (χ0n) is 10.4. The third kappa shape index (κ3) is 3.56. The van der Waals surface area contributed by atoms with Crippen LogP contribution in [0.2, 0.25) is 0 Å². The van der Waals surface area contributed by atoms with Gasteiger partial charge in [-0.3, -0.25) is 21.2 Å². The van der Waals surface area contributed by atoms with Crippen LogP contribution in [0, 0.1) is 12.7 Å². The fourth-order valence-corrected chi connectivity index (χ4v) is 2.07. The molecule has 0 amide bonds. The zero-order valence-corrected chi connectivity index (χ0v) is 12.0. The van der Waals surface area contributed by atoms with Crippen LogP contribution in [-0.2, 0) is 6.42 Å². The Hall–Kier alpha value is -1.37. The topological polar surface area (TPSA) is 63.8 Å². The molecule has 4 nitrogen and oxygen atoms in total. The van der Waals surface area contributed by atoms with E-state index in [2.05, 4.69) is 31.3 Å². The second kappa shape index (κ2) is 6.18. The molecule has 1 aromatic heterocycles. The van der Waals surface area contributed by atoms with Crippen molar-refractivity contribution in [3.05, 3.63) is 57.8 Å². The van der Waals surface area contributed by atoms with E-state index in [9.17, 15) is 4.39 Å². The van der Waals surface area contributed by atoms with Gasteiger partial charge in [0.1, 0.15) is 5.82 Å². The van der Waals surface area contributed by atoms with Crippen LogP contribution in [0.25, 0.3) is 0 Å². The molecule has 0 saturated carbocycles. The van der Waals surface area contributed by atoms with Gasteiger partial charge in [-0.1, -0.05) is 22.0 Å². The van der Waals surface area contributed by atoms with Gasteiger partial charge in [0.05, 0.1) is 23.6 Å². The number of nitrogens with zero attached hydrogens (tertiary/aromatic N) is 2. The van der Waals surface area contributed by atoms with Gasteiger partial charge in [0.15, 0.2) is 0 Å². The smallest absolute Gasteiger partial charge is 0.127 e. The molecule has 3 N–H and O–H groups in total. The van der Waals surface area contributed by atoms with Crippen LogP contribution >= 0.6 is 15.9 Å². The first kappa shape index (κ1) is 14.0. The van der Waals surface area contributed by atoms with Crippen LogP contribution in [0.3, 0.4) is 0 Å². The number of benzene rings is 1. The molecule has 1 unspecified atom stereocenters. The largest absolute Gasteiger partial charge is 0.271 e. The lowest BCUT2D eigenvalue weighted by atomic mass is 10.0. The highest BCUT2D eigenvalue weighted by Gasteiger charge is 2.15. The lowest BCUT2D eigenvalue weighted by Crippen LogP contribution is -2.30. The fraction of sp³-hybridized carbons (Fsp3) is 0.231. The van der Waals surface area contributed by atoms with Gasteiger partial charge in [-0.25, -0.2) is 4.39 Å². The Morgan fingerprint density at radius 1 is 1.37 bits per heavy atom. The minimum Gasteiger partial charge on any atom is -0.271 e. The Morgan fingerprint density at radius 2 is 2.16 bits per heavy atom. The molecule has 19 heavy (non-hydrogen) atoms. The number of nitrogens with one attached hydrogen (secondary N) is 1. The summed E-state index contributed by atoms with van der Waals surface area (Å²) in [6, 6.07) is 4.69. The Balaban J connectivity index is 2.21. The first-order valence-electron chi connectivity index (χ1n) is 5.78. The lowest BCUT2D eigenvalue weighted by molar-refractivity contribution is 0.516. The number of rotatable bonds is 4. The van der Waals surface area contributed by atoms with Crippen LogP contribution < -0.4 is 11.3 Å². The van der Waals surface area contributed by atoms with E-state index in [4.69, 9.17) is 5.84 Å². The van der Waals surface area contributed by atoms with Crippen LogP contribution in [0.1, 0.15) is 23.0 Å². The van der Waals surface area contributed by atoms with Gasteiger partial charge >= 0.3 is 0 Å². The monoisotopic (exact) mass is 324 g/mol. The molecule has 6 heteroatoms. The highest BCUT2D eigenvalue weighted by molar-refractivity contribution is 9.10. The van der Waals surface area contributed by atoms with Gasteiger partial charge in [0, 0.05) is 10.7 Å². The van der Waals surface area contributed by atoms with Crippen molar-refractivity contribution < 1.29 is 4.39 Å². The number of hydrazine groups is 1. The minimum absolute atomic E-state index is 0.269. The summed E-state index contributed by atoms with van der Waals surface area (Å²) in [4.78, 5) is 8.42. The van der Waals surface area contributed by atoms with Crippen LogP contribution in [0.15, 0.2) is 35.1 Å². The van der Waals surface area contributed by atoms with Crippen LogP contribution in [0.5, 0.6) is 0 Å². The average molecular weight is 325 g/mol. The summed E-state index contributed by atoms with van der Waals surface area (Å²) in [6.45, 7) is 1.86. The van der Waals surface area contributed by atoms with E-state index in [0.717, 1.165) is 5.69 Å². The molecule has 0 fully saturated rings. The first-order valence-corrected chi connectivity index (χ1v) is 6.58. The van der Waals surface area contributed by atoms with E-state index < -0.39 is 0 Å². The van der Waals surface area contributed by atoms with Crippen LogP contribution in [0.4, 0.5) is 4.39 Å². The SMILES string of the molecule is Cc1cnc(C(Cc2ccc(Br)cc2F)NN)cn1. The maximum atomic E-state index is 13.8.